The van der Waals surface area contributed by atoms with E-state index < -0.39 is 15.7 Å². The first-order valence-corrected chi connectivity index (χ1v) is 6.58. The van der Waals surface area contributed by atoms with E-state index in [4.69, 9.17) is 0 Å². The molecule has 3 rings (SSSR count). The highest BCUT2D eigenvalue weighted by atomic mass is 32.2. The lowest BCUT2D eigenvalue weighted by molar-refractivity contribution is -0.119. The standard InChI is InChI=1S/C12H10N2O2S/c1-17-10(11(15)14-12(17)16)8-3-2-4-9-7(8)5-6-13-9/h2-6,10,13H,1H2,(H,14,15,16). The first-order valence-electron chi connectivity index (χ1n) is 5.12. The lowest BCUT2D eigenvalue weighted by Gasteiger charge is -2.09. The fraction of sp³-hybridized carbons (Fsp3) is 0.0833. The maximum absolute atomic E-state index is 11.8. The molecule has 1 saturated heterocycles. The molecule has 0 saturated carbocycles. The molecule has 2 aromatic rings. The molecule has 1 aromatic heterocycles. The first kappa shape index (κ1) is 10.3. The summed E-state index contributed by atoms with van der Waals surface area (Å²) in [5.41, 5.74) is 1.83. The van der Waals surface area contributed by atoms with Crippen LogP contribution in [0.15, 0.2) is 30.5 Å². The second kappa shape index (κ2) is 3.56. The van der Waals surface area contributed by atoms with Crippen molar-refractivity contribution in [1.82, 2.24) is 10.3 Å². The highest BCUT2D eigenvalue weighted by Gasteiger charge is 2.35. The van der Waals surface area contributed by atoms with Gasteiger partial charge in [-0.25, -0.2) is 0 Å². The van der Waals surface area contributed by atoms with Gasteiger partial charge in [0.15, 0.2) is 0 Å². The Kier molecular flexibility index (Phi) is 2.16. The van der Waals surface area contributed by atoms with Crippen molar-refractivity contribution < 1.29 is 9.59 Å². The number of benzene rings is 1. The topological polar surface area (TPSA) is 62.0 Å². The van der Waals surface area contributed by atoms with Crippen molar-refractivity contribution in [3.8, 4) is 0 Å². The van der Waals surface area contributed by atoms with Gasteiger partial charge in [-0.15, -0.1) is 0 Å². The number of hydrogen-bond acceptors (Lipinski definition) is 2. The summed E-state index contributed by atoms with van der Waals surface area (Å²) in [7, 11) is -0.840. The lowest BCUT2D eigenvalue weighted by Crippen LogP contribution is -2.20. The molecule has 1 aromatic carbocycles. The fourth-order valence-corrected chi connectivity index (χ4v) is 3.38. The Balaban J connectivity index is 2.22. The highest BCUT2D eigenvalue weighted by molar-refractivity contribution is 8.28. The van der Waals surface area contributed by atoms with E-state index in [2.05, 4.69) is 16.2 Å². The van der Waals surface area contributed by atoms with Crippen LogP contribution in [0.1, 0.15) is 10.8 Å². The minimum Gasteiger partial charge on any atom is -0.361 e. The van der Waals surface area contributed by atoms with Crippen LogP contribution in [0.3, 0.4) is 0 Å². The molecule has 4 nitrogen and oxygen atoms in total. The van der Waals surface area contributed by atoms with E-state index in [-0.39, 0.29) is 11.1 Å². The van der Waals surface area contributed by atoms with E-state index in [9.17, 15) is 9.59 Å². The first-order chi connectivity index (χ1) is 8.18. The number of aromatic amines is 1. The lowest BCUT2D eigenvalue weighted by atomic mass is 10.1. The minimum absolute atomic E-state index is 0.248. The Morgan fingerprint density at radius 2 is 2.06 bits per heavy atom. The van der Waals surface area contributed by atoms with Gasteiger partial charge in [0.05, 0.1) is 0 Å². The maximum Gasteiger partial charge on any atom is 0.280 e. The van der Waals surface area contributed by atoms with Gasteiger partial charge < -0.3 is 4.98 Å². The largest absolute Gasteiger partial charge is 0.361 e. The quantitative estimate of drug-likeness (QED) is 0.757. The molecule has 0 aliphatic carbocycles. The van der Waals surface area contributed by atoms with E-state index in [0.717, 1.165) is 16.5 Å². The Labute approximate surface area is 99.9 Å². The molecule has 17 heavy (non-hydrogen) atoms. The molecular formula is C12H10N2O2S. The normalized spacial score (nSPS) is 24.2. The van der Waals surface area contributed by atoms with Gasteiger partial charge in [-0.3, -0.25) is 14.9 Å². The summed E-state index contributed by atoms with van der Waals surface area (Å²) in [6, 6.07) is 7.61. The summed E-state index contributed by atoms with van der Waals surface area (Å²) in [6.45, 7) is 0. The van der Waals surface area contributed by atoms with Crippen LogP contribution in [0.4, 0.5) is 4.79 Å². The summed E-state index contributed by atoms with van der Waals surface area (Å²) >= 11 is 0. The van der Waals surface area contributed by atoms with Gasteiger partial charge in [-0.2, -0.15) is 0 Å². The third-order valence-corrected chi connectivity index (χ3v) is 4.51. The highest BCUT2D eigenvalue weighted by Crippen LogP contribution is 2.41. The molecule has 86 valence electrons. The number of aromatic nitrogens is 1. The van der Waals surface area contributed by atoms with Crippen LogP contribution in [-0.2, 0) is 4.79 Å². The predicted molar refractivity (Wildman–Crippen MR) is 69.3 cm³/mol. The SMILES string of the molecule is C=S1C(=O)NC(=O)C1c1cccc2[nH]ccc12. The summed E-state index contributed by atoms with van der Waals surface area (Å²) in [5.74, 6) is 3.55. The number of imide groups is 1. The molecule has 2 atom stereocenters. The minimum atomic E-state index is -0.840. The number of fused-ring (bicyclic) bond motifs is 1. The van der Waals surface area contributed by atoms with Gasteiger partial charge in [0.1, 0.15) is 5.25 Å². The molecule has 2 unspecified atom stereocenters. The van der Waals surface area contributed by atoms with Crippen molar-refractivity contribution >= 4 is 38.4 Å². The molecule has 2 heterocycles. The Morgan fingerprint density at radius 3 is 2.76 bits per heavy atom. The van der Waals surface area contributed by atoms with Crippen molar-refractivity contribution in [2.24, 2.45) is 0 Å². The van der Waals surface area contributed by atoms with Gasteiger partial charge in [0.2, 0.25) is 5.91 Å². The molecule has 1 aliphatic heterocycles. The van der Waals surface area contributed by atoms with Crippen molar-refractivity contribution in [3.63, 3.8) is 0 Å². The average molecular weight is 246 g/mol. The Morgan fingerprint density at radius 1 is 1.24 bits per heavy atom. The third kappa shape index (κ3) is 1.43. The van der Waals surface area contributed by atoms with Crippen LogP contribution in [0.25, 0.3) is 10.9 Å². The zero-order chi connectivity index (χ0) is 12.0. The van der Waals surface area contributed by atoms with Crippen molar-refractivity contribution in [3.05, 3.63) is 36.0 Å². The van der Waals surface area contributed by atoms with Gasteiger partial charge in [0, 0.05) is 17.1 Å². The second-order valence-electron chi connectivity index (χ2n) is 3.87. The number of nitrogens with one attached hydrogen (secondary N) is 2. The van der Waals surface area contributed by atoms with Gasteiger partial charge in [0.25, 0.3) is 5.24 Å². The van der Waals surface area contributed by atoms with E-state index >= 15 is 0 Å². The second-order valence-corrected chi connectivity index (χ2v) is 5.57. The van der Waals surface area contributed by atoms with Crippen LogP contribution in [0.5, 0.6) is 0 Å². The molecule has 5 heteroatoms. The predicted octanol–water partition coefficient (Wildman–Crippen LogP) is 2.16. The average Bonchev–Trinajstić information content (AvgIpc) is 2.85. The molecule has 1 fully saturated rings. The summed E-state index contributed by atoms with van der Waals surface area (Å²) < 4.78 is 0. The molecule has 1 aliphatic rings. The molecule has 0 bridgehead atoms. The zero-order valence-electron chi connectivity index (χ0n) is 8.90. The zero-order valence-corrected chi connectivity index (χ0v) is 9.71. The fourth-order valence-electron chi connectivity index (χ4n) is 2.10. The van der Waals surface area contributed by atoms with E-state index in [1.165, 1.54) is 0 Å². The number of hydrogen-bond donors (Lipinski definition) is 2. The smallest absolute Gasteiger partial charge is 0.280 e. The number of rotatable bonds is 1. The van der Waals surface area contributed by atoms with Crippen LogP contribution in [0, 0.1) is 0 Å². The van der Waals surface area contributed by atoms with Crippen LogP contribution < -0.4 is 5.32 Å². The Hall–Kier alpha value is -1.88. The Bertz CT molecular complexity index is 659. The number of H-pyrrole nitrogens is 1. The maximum atomic E-state index is 11.8. The van der Waals surface area contributed by atoms with Crippen LogP contribution in [-0.4, -0.2) is 22.0 Å². The monoisotopic (exact) mass is 246 g/mol. The summed E-state index contributed by atoms with van der Waals surface area (Å²) in [6.07, 6.45) is 1.82. The van der Waals surface area contributed by atoms with Crippen LogP contribution in [0.2, 0.25) is 0 Å². The van der Waals surface area contributed by atoms with Crippen molar-refractivity contribution in [2.75, 3.05) is 0 Å². The molecule has 0 spiro atoms. The van der Waals surface area contributed by atoms with E-state index in [1.807, 2.05) is 30.5 Å². The molecule has 0 radical (unpaired) electrons. The molecule has 2 amide bonds. The number of carbonyl (C=O) groups is 2. The molecular weight excluding hydrogens is 236 g/mol. The van der Waals surface area contributed by atoms with E-state index in [0.29, 0.717) is 0 Å². The number of amides is 2. The van der Waals surface area contributed by atoms with Crippen LogP contribution >= 0.6 is 10.5 Å². The summed E-state index contributed by atoms with van der Waals surface area (Å²) in [5, 5.41) is 2.58. The van der Waals surface area contributed by atoms with Gasteiger partial charge in [-0.05, 0) is 17.7 Å². The number of carbonyl (C=O) groups excluding carboxylic acids is 2. The van der Waals surface area contributed by atoms with Crippen molar-refractivity contribution in [1.29, 1.82) is 0 Å². The summed E-state index contributed by atoms with van der Waals surface area (Å²) in [4.78, 5) is 26.3. The van der Waals surface area contributed by atoms with Gasteiger partial charge >= 0.3 is 0 Å². The van der Waals surface area contributed by atoms with E-state index in [1.54, 1.807) is 0 Å². The van der Waals surface area contributed by atoms with Crippen molar-refractivity contribution in [2.45, 2.75) is 5.25 Å². The third-order valence-electron chi connectivity index (χ3n) is 2.90. The van der Waals surface area contributed by atoms with Gasteiger partial charge in [-0.1, -0.05) is 28.5 Å². The molecule has 2 N–H and O–H groups in total.